The number of para-hydroxylation sites is 2. The van der Waals surface area contributed by atoms with Crippen LogP contribution in [0.15, 0.2) is 78.9 Å². The Bertz CT molecular complexity index is 1000. The third-order valence-corrected chi connectivity index (χ3v) is 4.46. The summed E-state index contributed by atoms with van der Waals surface area (Å²) in [6.07, 6.45) is 0. The molecule has 0 N–H and O–H groups in total. The summed E-state index contributed by atoms with van der Waals surface area (Å²) in [4.78, 5) is 4.90. The topological polar surface area (TPSA) is 17.8 Å². The fourth-order valence-corrected chi connectivity index (χ4v) is 3.22. The summed E-state index contributed by atoms with van der Waals surface area (Å²) in [5, 5.41) is 0. The molecule has 0 radical (unpaired) electrons. The fourth-order valence-electron chi connectivity index (χ4n) is 3.22. The van der Waals surface area contributed by atoms with E-state index < -0.39 is 0 Å². The van der Waals surface area contributed by atoms with E-state index in [2.05, 4.69) is 92.1 Å². The molecule has 1 aromatic heterocycles. The molecule has 0 bridgehead atoms. The van der Waals surface area contributed by atoms with Crippen molar-refractivity contribution in [2.45, 2.75) is 26.2 Å². The molecular formula is C23H22N2. The normalized spacial score (nSPS) is 11.8. The maximum Gasteiger partial charge on any atom is 0.119 e. The van der Waals surface area contributed by atoms with Gasteiger partial charge in [-0.1, -0.05) is 75.4 Å². The standard InChI is InChI=1S/C23H22N2/c1-23(2,3)22-24-20-11-7-8-12-21(20)25(22)19-15-13-18(14-16-19)17-9-5-4-6-10-17/h4-16H,1-3H3. The number of imidazole rings is 1. The molecule has 0 unspecified atom stereocenters. The van der Waals surface area contributed by atoms with Gasteiger partial charge in [-0.15, -0.1) is 0 Å². The highest BCUT2D eigenvalue weighted by molar-refractivity contribution is 5.79. The van der Waals surface area contributed by atoms with Gasteiger partial charge in [0.15, 0.2) is 0 Å². The number of hydrogen-bond donors (Lipinski definition) is 0. The molecule has 0 aliphatic rings. The van der Waals surface area contributed by atoms with Gasteiger partial charge in [-0.2, -0.15) is 0 Å². The van der Waals surface area contributed by atoms with E-state index in [0.29, 0.717) is 0 Å². The Balaban J connectivity index is 1.87. The van der Waals surface area contributed by atoms with Crippen LogP contribution < -0.4 is 0 Å². The van der Waals surface area contributed by atoms with Crippen molar-refractivity contribution < 1.29 is 0 Å². The fraction of sp³-hybridized carbons (Fsp3) is 0.174. The van der Waals surface area contributed by atoms with Crippen molar-refractivity contribution in [1.82, 2.24) is 9.55 Å². The van der Waals surface area contributed by atoms with Gasteiger partial charge in [0.2, 0.25) is 0 Å². The van der Waals surface area contributed by atoms with Crippen LogP contribution in [0.25, 0.3) is 27.8 Å². The van der Waals surface area contributed by atoms with Crippen LogP contribution >= 0.6 is 0 Å². The molecule has 0 amide bonds. The zero-order chi connectivity index (χ0) is 17.4. The van der Waals surface area contributed by atoms with Gasteiger partial charge in [0.05, 0.1) is 11.0 Å². The molecule has 0 saturated carbocycles. The first-order valence-electron chi connectivity index (χ1n) is 8.68. The highest BCUT2D eigenvalue weighted by Gasteiger charge is 2.23. The van der Waals surface area contributed by atoms with E-state index in [1.54, 1.807) is 0 Å². The smallest absolute Gasteiger partial charge is 0.119 e. The summed E-state index contributed by atoms with van der Waals surface area (Å²) in [5.74, 6) is 1.08. The second kappa shape index (κ2) is 5.89. The van der Waals surface area contributed by atoms with Crippen LogP contribution in [-0.4, -0.2) is 9.55 Å². The third-order valence-electron chi connectivity index (χ3n) is 4.46. The lowest BCUT2D eigenvalue weighted by atomic mass is 9.95. The van der Waals surface area contributed by atoms with E-state index in [1.807, 2.05) is 12.1 Å². The first-order valence-corrected chi connectivity index (χ1v) is 8.68. The van der Waals surface area contributed by atoms with Crippen LogP contribution in [0.3, 0.4) is 0 Å². The van der Waals surface area contributed by atoms with E-state index >= 15 is 0 Å². The van der Waals surface area contributed by atoms with E-state index in [9.17, 15) is 0 Å². The van der Waals surface area contributed by atoms with Gasteiger partial charge in [-0.05, 0) is 35.4 Å². The number of rotatable bonds is 2. The number of aromatic nitrogens is 2. The molecule has 0 aliphatic heterocycles. The van der Waals surface area contributed by atoms with Crippen LogP contribution in [0.1, 0.15) is 26.6 Å². The van der Waals surface area contributed by atoms with Crippen molar-refractivity contribution in [2.75, 3.05) is 0 Å². The SMILES string of the molecule is CC(C)(C)c1nc2ccccc2n1-c1ccc(-c2ccccc2)cc1. The summed E-state index contributed by atoms with van der Waals surface area (Å²) in [5.41, 5.74) is 5.78. The van der Waals surface area contributed by atoms with Gasteiger partial charge in [-0.3, -0.25) is 4.57 Å². The number of benzene rings is 3. The Morgan fingerprint density at radius 1 is 0.680 bits per heavy atom. The number of hydrogen-bond acceptors (Lipinski definition) is 1. The lowest BCUT2D eigenvalue weighted by molar-refractivity contribution is 0.539. The molecule has 4 aromatic rings. The molecule has 1 heterocycles. The Kier molecular flexibility index (Phi) is 3.69. The molecule has 2 heteroatoms. The minimum atomic E-state index is -0.0306. The van der Waals surface area contributed by atoms with Crippen molar-refractivity contribution in [2.24, 2.45) is 0 Å². The van der Waals surface area contributed by atoms with Crippen LogP contribution in [0.2, 0.25) is 0 Å². The molecule has 4 rings (SSSR count). The maximum absolute atomic E-state index is 4.90. The monoisotopic (exact) mass is 326 g/mol. The lowest BCUT2D eigenvalue weighted by Crippen LogP contribution is -2.18. The highest BCUT2D eigenvalue weighted by atomic mass is 15.1. The van der Waals surface area contributed by atoms with Gasteiger partial charge in [-0.25, -0.2) is 4.98 Å². The van der Waals surface area contributed by atoms with Gasteiger partial charge >= 0.3 is 0 Å². The minimum absolute atomic E-state index is 0.0306. The summed E-state index contributed by atoms with van der Waals surface area (Å²) in [6.45, 7) is 6.63. The predicted octanol–water partition coefficient (Wildman–Crippen LogP) is 5.99. The van der Waals surface area contributed by atoms with Crippen LogP contribution in [0.5, 0.6) is 0 Å². The van der Waals surface area contributed by atoms with E-state index in [1.165, 1.54) is 11.1 Å². The van der Waals surface area contributed by atoms with Crippen molar-refractivity contribution in [3.63, 3.8) is 0 Å². The van der Waals surface area contributed by atoms with E-state index in [-0.39, 0.29) is 5.41 Å². The summed E-state index contributed by atoms with van der Waals surface area (Å²) >= 11 is 0. The molecule has 0 atom stereocenters. The second-order valence-electron chi connectivity index (χ2n) is 7.42. The van der Waals surface area contributed by atoms with Crippen molar-refractivity contribution in [1.29, 1.82) is 0 Å². The second-order valence-corrected chi connectivity index (χ2v) is 7.42. The Hall–Kier alpha value is -2.87. The van der Waals surface area contributed by atoms with Gasteiger partial charge in [0.25, 0.3) is 0 Å². The Morgan fingerprint density at radius 3 is 1.96 bits per heavy atom. The van der Waals surface area contributed by atoms with Crippen molar-refractivity contribution >= 4 is 11.0 Å². The predicted molar refractivity (Wildman–Crippen MR) is 105 cm³/mol. The zero-order valence-electron chi connectivity index (χ0n) is 14.9. The van der Waals surface area contributed by atoms with Crippen LogP contribution in [0.4, 0.5) is 0 Å². The molecule has 2 nitrogen and oxygen atoms in total. The van der Waals surface area contributed by atoms with E-state index in [4.69, 9.17) is 4.98 Å². The largest absolute Gasteiger partial charge is 0.296 e. The number of nitrogens with zero attached hydrogens (tertiary/aromatic N) is 2. The summed E-state index contributed by atoms with van der Waals surface area (Å²) in [7, 11) is 0. The average Bonchev–Trinajstić information content (AvgIpc) is 3.03. The van der Waals surface area contributed by atoms with Crippen LogP contribution in [-0.2, 0) is 5.41 Å². The molecule has 3 aromatic carbocycles. The van der Waals surface area contributed by atoms with E-state index in [0.717, 1.165) is 22.5 Å². The molecule has 0 fully saturated rings. The van der Waals surface area contributed by atoms with Crippen molar-refractivity contribution in [3.05, 3.63) is 84.7 Å². The van der Waals surface area contributed by atoms with Gasteiger partial charge in [0, 0.05) is 11.1 Å². The first-order chi connectivity index (χ1) is 12.0. The maximum atomic E-state index is 4.90. The molecule has 0 aliphatic carbocycles. The third kappa shape index (κ3) is 2.85. The zero-order valence-corrected chi connectivity index (χ0v) is 14.9. The molecule has 25 heavy (non-hydrogen) atoms. The average molecular weight is 326 g/mol. The molecule has 0 saturated heterocycles. The van der Waals surface area contributed by atoms with Gasteiger partial charge < -0.3 is 0 Å². The quantitative estimate of drug-likeness (QED) is 0.442. The number of fused-ring (bicyclic) bond motifs is 1. The van der Waals surface area contributed by atoms with Crippen molar-refractivity contribution in [3.8, 4) is 16.8 Å². The van der Waals surface area contributed by atoms with Gasteiger partial charge in [0.1, 0.15) is 5.82 Å². The molecule has 0 spiro atoms. The van der Waals surface area contributed by atoms with Crippen LogP contribution in [0, 0.1) is 0 Å². The molecular weight excluding hydrogens is 304 g/mol. The Labute approximate surface area is 148 Å². The first kappa shape index (κ1) is 15.6. The lowest BCUT2D eigenvalue weighted by Gasteiger charge is -2.20. The summed E-state index contributed by atoms with van der Waals surface area (Å²) in [6, 6.07) is 27.6. The molecule has 124 valence electrons. The Morgan fingerprint density at radius 2 is 1.28 bits per heavy atom. The highest BCUT2D eigenvalue weighted by Crippen LogP contribution is 2.30. The minimum Gasteiger partial charge on any atom is -0.296 e. The summed E-state index contributed by atoms with van der Waals surface area (Å²) < 4.78 is 2.28.